The Kier molecular flexibility index (Phi) is 9.16. The zero-order valence-electron chi connectivity index (χ0n) is 28.5. The van der Waals surface area contributed by atoms with E-state index in [2.05, 4.69) is 48.8 Å². The fourth-order valence-electron chi connectivity index (χ4n) is 9.54. The lowest BCUT2D eigenvalue weighted by atomic mass is 9.71. The molecule has 6 heteroatoms. The van der Waals surface area contributed by atoms with E-state index in [4.69, 9.17) is 33.2 Å². The maximum Gasteiger partial charge on any atom is 0.0741 e. The first-order valence-electron chi connectivity index (χ1n) is 18.5. The van der Waals surface area contributed by atoms with Crippen LogP contribution in [-0.2, 0) is 12.8 Å². The number of unbranched alkanes of at least 4 members (excludes halogenated alkanes) is 5. The summed E-state index contributed by atoms with van der Waals surface area (Å²) in [6.45, 7) is 6.60. The molecule has 4 atom stereocenters. The van der Waals surface area contributed by atoms with E-state index in [0.717, 1.165) is 59.9 Å². The number of nitrogens with one attached hydrogen (secondary N) is 2. The molecule has 4 aliphatic carbocycles. The second kappa shape index (κ2) is 13.7. The number of hydrogen-bond acceptors (Lipinski definition) is 4. The van der Waals surface area contributed by atoms with Crippen LogP contribution in [0.1, 0.15) is 112 Å². The third kappa shape index (κ3) is 6.48. The van der Waals surface area contributed by atoms with Crippen LogP contribution in [0.15, 0.2) is 59.7 Å². The van der Waals surface area contributed by atoms with E-state index in [0.29, 0.717) is 23.7 Å². The number of halogens is 2. The molecule has 48 heavy (non-hydrogen) atoms. The maximum absolute atomic E-state index is 6.40. The summed E-state index contributed by atoms with van der Waals surface area (Å²) in [4.78, 5) is 10.3. The van der Waals surface area contributed by atoms with Gasteiger partial charge in [-0.15, -0.1) is 0 Å². The van der Waals surface area contributed by atoms with Gasteiger partial charge >= 0.3 is 0 Å². The van der Waals surface area contributed by atoms with Gasteiger partial charge in [0.25, 0.3) is 0 Å². The third-order valence-corrected chi connectivity index (χ3v) is 11.9. The van der Waals surface area contributed by atoms with E-state index in [9.17, 15) is 0 Å². The maximum atomic E-state index is 6.40. The molecule has 0 unspecified atom stereocenters. The Morgan fingerprint density at radius 3 is 1.50 bits per heavy atom. The minimum atomic E-state index is 0.571. The minimum Gasteiger partial charge on any atom is -0.384 e. The van der Waals surface area contributed by atoms with Gasteiger partial charge in [0.1, 0.15) is 0 Å². The normalized spacial score (nSPS) is 22.6. The highest BCUT2D eigenvalue weighted by Gasteiger charge is 2.34. The van der Waals surface area contributed by atoms with Crippen LogP contribution in [0.25, 0.3) is 21.8 Å². The summed E-state index contributed by atoms with van der Waals surface area (Å²) in [7, 11) is 0. The molecule has 0 aliphatic heterocycles. The number of aromatic nitrogens is 2. The van der Waals surface area contributed by atoms with Crippen molar-refractivity contribution in [2.45, 2.75) is 103 Å². The van der Waals surface area contributed by atoms with Gasteiger partial charge in [0.05, 0.1) is 11.0 Å². The lowest BCUT2D eigenvalue weighted by molar-refractivity contribution is 0.433. The van der Waals surface area contributed by atoms with Crippen LogP contribution >= 0.6 is 23.2 Å². The van der Waals surface area contributed by atoms with Gasteiger partial charge in [-0.3, -0.25) is 9.97 Å². The number of hydrogen-bond donors (Lipinski definition) is 2. The van der Waals surface area contributed by atoms with E-state index < -0.39 is 0 Å². The van der Waals surface area contributed by atoms with E-state index in [1.165, 1.54) is 107 Å². The van der Waals surface area contributed by atoms with Gasteiger partial charge in [0, 0.05) is 67.8 Å². The third-order valence-electron chi connectivity index (χ3n) is 11.4. The summed E-state index contributed by atoms with van der Waals surface area (Å²) in [6, 6.07) is 12.4. The molecule has 0 fully saturated rings. The van der Waals surface area contributed by atoms with E-state index in [1.807, 2.05) is 24.3 Å². The average Bonchev–Trinajstić information content (AvgIpc) is 3.03. The topological polar surface area (TPSA) is 49.8 Å². The van der Waals surface area contributed by atoms with Crippen LogP contribution < -0.4 is 10.6 Å². The summed E-state index contributed by atoms with van der Waals surface area (Å²) in [5, 5.41) is 11.8. The Morgan fingerprint density at radius 1 is 0.604 bits per heavy atom. The van der Waals surface area contributed by atoms with Crippen LogP contribution in [0.4, 0.5) is 11.4 Å². The Balaban J connectivity index is 0.850. The molecular weight excluding hydrogens is 631 g/mol. The number of anilines is 2. The van der Waals surface area contributed by atoms with E-state index in [1.54, 1.807) is 0 Å². The zero-order valence-corrected chi connectivity index (χ0v) is 30.0. The van der Waals surface area contributed by atoms with Crippen LogP contribution in [-0.4, -0.2) is 23.1 Å². The van der Waals surface area contributed by atoms with Gasteiger partial charge in [-0.25, -0.2) is 0 Å². The number of allylic oxidation sites excluding steroid dienone is 4. The second-order valence-electron chi connectivity index (χ2n) is 15.2. The molecule has 0 saturated heterocycles. The van der Waals surface area contributed by atoms with Gasteiger partial charge in [-0.2, -0.15) is 0 Å². The monoisotopic (exact) mass is 678 g/mol. The van der Waals surface area contributed by atoms with Gasteiger partial charge in [0.2, 0.25) is 0 Å². The Bertz CT molecular complexity index is 1790. The number of benzene rings is 2. The molecule has 4 aromatic rings. The minimum absolute atomic E-state index is 0.571. The first-order valence-corrected chi connectivity index (χ1v) is 19.2. The fraction of sp³-hybridized carbons (Fsp3) is 0.476. The number of fused-ring (bicyclic) bond motifs is 10. The predicted molar refractivity (Wildman–Crippen MR) is 204 cm³/mol. The highest BCUT2D eigenvalue weighted by atomic mass is 35.5. The van der Waals surface area contributed by atoms with Gasteiger partial charge in [-0.05, 0) is 125 Å². The lowest BCUT2D eigenvalue weighted by Gasteiger charge is -2.36. The molecular formula is C42H48Cl2N4. The first-order chi connectivity index (χ1) is 23.4. The molecule has 4 aliphatic rings. The van der Waals surface area contributed by atoms with E-state index >= 15 is 0 Å². The smallest absolute Gasteiger partial charge is 0.0741 e. The van der Waals surface area contributed by atoms with Crippen molar-refractivity contribution in [3.8, 4) is 0 Å². The average molecular weight is 680 g/mol. The summed E-state index contributed by atoms with van der Waals surface area (Å²) >= 11 is 12.8. The number of nitrogens with zero attached hydrogens (tertiary/aromatic N) is 2. The van der Waals surface area contributed by atoms with E-state index in [-0.39, 0.29) is 0 Å². The largest absolute Gasteiger partial charge is 0.384 e. The van der Waals surface area contributed by atoms with Crippen LogP contribution in [0, 0.1) is 11.8 Å². The van der Waals surface area contributed by atoms with Crippen molar-refractivity contribution in [1.29, 1.82) is 0 Å². The summed E-state index contributed by atoms with van der Waals surface area (Å²) in [5.74, 6) is 2.39. The van der Waals surface area contributed by atoms with Crippen molar-refractivity contribution in [3.05, 3.63) is 92.3 Å². The molecule has 4 bridgehead atoms. The Labute approximate surface area is 295 Å². The standard InChI is InChI=1S/C42H48Cl2N4/c1-25-15-27-19-29(17-25)39-37(21-27)47-35-23-31(43)9-11-33(35)41(39)45-13-7-5-3-4-6-8-14-46-42-34-12-10-32(44)24-36(34)48-38-22-28-16-26(2)18-30(20-28)40(38)42/h9-12,15-16,23-24,27-30H,3-8,13-14,17-22H2,1-2H3,(H,45,47)(H,46,48)/t27-,28+,29-,30-/m0/s1. The van der Waals surface area contributed by atoms with Crippen molar-refractivity contribution < 1.29 is 0 Å². The molecule has 2 heterocycles. The Morgan fingerprint density at radius 2 is 1.04 bits per heavy atom. The molecule has 250 valence electrons. The molecule has 0 radical (unpaired) electrons. The van der Waals surface area contributed by atoms with Crippen LogP contribution in [0.5, 0.6) is 0 Å². The molecule has 0 amide bonds. The van der Waals surface area contributed by atoms with Crippen molar-refractivity contribution in [2.24, 2.45) is 11.8 Å². The summed E-state index contributed by atoms with van der Waals surface area (Å²) < 4.78 is 0. The van der Waals surface area contributed by atoms with Gasteiger partial charge < -0.3 is 10.6 Å². The molecule has 0 saturated carbocycles. The predicted octanol–water partition coefficient (Wildman–Crippen LogP) is 11.9. The number of rotatable bonds is 11. The Hall–Kier alpha value is -3.08. The SMILES string of the molecule is CC1=C[C@@H]2Cc3nc4cc(Cl)ccc4c(NCCCCCCCCNc4c5c(nc6cc(Cl)ccc46)C[C@@H]4C=C(C)C[C@H]5C4)c3[C@@H](C1)C2. The number of pyridine rings is 2. The molecule has 2 N–H and O–H groups in total. The fourth-order valence-corrected chi connectivity index (χ4v) is 9.87. The molecule has 4 nitrogen and oxygen atoms in total. The van der Waals surface area contributed by atoms with Gasteiger partial charge in [0.15, 0.2) is 0 Å². The van der Waals surface area contributed by atoms with Gasteiger partial charge in [-0.1, -0.05) is 72.2 Å². The second-order valence-corrected chi connectivity index (χ2v) is 16.1. The van der Waals surface area contributed by atoms with Crippen molar-refractivity contribution in [2.75, 3.05) is 23.7 Å². The molecule has 2 aromatic heterocycles. The molecule has 8 rings (SSSR count). The molecule has 0 spiro atoms. The highest BCUT2D eigenvalue weighted by Crippen LogP contribution is 2.49. The first kappa shape index (κ1) is 32.1. The quantitative estimate of drug-likeness (QED) is 0.122. The van der Waals surface area contributed by atoms with Crippen molar-refractivity contribution >= 4 is 56.4 Å². The van der Waals surface area contributed by atoms with Crippen LogP contribution in [0.3, 0.4) is 0 Å². The highest BCUT2D eigenvalue weighted by molar-refractivity contribution is 6.31. The molecule has 2 aromatic carbocycles. The zero-order chi connectivity index (χ0) is 32.8. The lowest BCUT2D eigenvalue weighted by Crippen LogP contribution is -2.24. The van der Waals surface area contributed by atoms with Crippen LogP contribution in [0.2, 0.25) is 10.0 Å². The summed E-state index contributed by atoms with van der Waals surface area (Å²) in [5.41, 5.74) is 13.3. The van der Waals surface area contributed by atoms with Crippen molar-refractivity contribution in [3.63, 3.8) is 0 Å². The van der Waals surface area contributed by atoms with Crippen molar-refractivity contribution in [1.82, 2.24) is 9.97 Å². The summed E-state index contributed by atoms with van der Waals surface area (Å²) in [6.07, 6.45) is 19.3.